The summed E-state index contributed by atoms with van der Waals surface area (Å²) in [7, 11) is 2.82. The SMILES string of the molecule is COC(=O)c1cc2cc(N3CC(=O)NS3=O)c(OC)cc2s1. The molecule has 1 aliphatic heterocycles. The first kappa shape index (κ1) is 14.8. The lowest BCUT2D eigenvalue weighted by atomic mass is 10.2. The van der Waals surface area contributed by atoms with Gasteiger partial charge in [-0.15, -0.1) is 11.3 Å². The average molecular weight is 340 g/mol. The molecule has 2 heterocycles. The van der Waals surface area contributed by atoms with Crippen molar-refractivity contribution in [3.05, 3.63) is 23.1 Å². The third-order valence-electron chi connectivity index (χ3n) is 3.16. The number of nitrogens with one attached hydrogen (secondary N) is 1. The number of carbonyl (C=O) groups excluding carboxylic acids is 2. The van der Waals surface area contributed by atoms with Gasteiger partial charge in [-0.25, -0.2) is 9.00 Å². The number of amides is 1. The minimum atomic E-state index is -1.63. The van der Waals surface area contributed by atoms with Crippen molar-refractivity contribution in [3.63, 3.8) is 0 Å². The second-order valence-electron chi connectivity index (χ2n) is 4.48. The minimum absolute atomic E-state index is 0.0114. The Bertz CT molecular complexity index is 801. The van der Waals surface area contributed by atoms with Crippen LogP contribution in [-0.4, -0.2) is 36.8 Å². The molecular weight excluding hydrogens is 328 g/mol. The van der Waals surface area contributed by atoms with Gasteiger partial charge in [0.2, 0.25) is 11.2 Å². The number of methoxy groups -OCH3 is 2. The number of benzene rings is 1. The largest absolute Gasteiger partial charge is 0.494 e. The van der Waals surface area contributed by atoms with Crippen molar-refractivity contribution >= 4 is 50.2 Å². The second-order valence-corrected chi connectivity index (χ2v) is 6.70. The predicted molar refractivity (Wildman–Crippen MR) is 83.3 cm³/mol. The molecule has 116 valence electrons. The molecule has 1 aromatic heterocycles. The number of rotatable bonds is 3. The van der Waals surface area contributed by atoms with Crippen LogP contribution in [0.15, 0.2) is 18.2 Å². The standard InChI is InChI=1S/C13H12N2O5S2/c1-19-9-5-10-7(4-11(21-10)13(17)20-2)3-8(9)15-6-12(16)14-22(15)18/h3-5H,6H2,1-2H3,(H,14,16). The van der Waals surface area contributed by atoms with E-state index in [-0.39, 0.29) is 12.5 Å². The predicted octanol–water partition coefficient (Wildman–Crippen LogP) is 1.21. The van der Waals surface area contributed by atoms with E-state index in [1.807, 2.05) is 0 Å². The maximum atomic E-state index is 11.9. The Hall–Kier alpha value is -2.13. The fraction of sp³-hybridized carbons (Fsp3) is 0.231. The quantitative estimate of drug-likeness (QED) is 0.849. The van der Waals surface area contributed by atoms with Crippen molar-refractivity contribution in [2.75, 3.05) is 25.1 Å². The molecule has 1 unspecified atom stereocenters. The fourth-order valence-electron chi connectivity index (χ4n) is 2.16. The van der Waals surface area contributed by atoms with Gasteiger partial charge >= 0.3 is 5.97 Å². The van der Waals surface area contributed by atoms with E-state index in [9.17, 15) is 13.8 Å². The first-order valence-corrected chi connectivity index (χ1v) is 8.14. The molecule has 1 N–H and O–H groups in total. The molecule has 22 heavy (non-hydrogen) atoms. The Kier molecular flexibility index (Phi) is 3.75. The zero-order valence-electron chi connectivity index (χ0n) is 11.7. The van der Waals surface area contributed by atoms with Crippen LogP contribution in [0.2, 0.25) is 0 Å². The van der Waals surface area contributed by atoms with Gasteiger partial charge in [0, 0.05) is 10.8 Å². The van der Waals surface area contributed by atoms with Crippen LogP contribution in [0.3, 0.4) is 0 Å². The summed E-state index contributed by atoms with van der Waals surface area (Å²) in [5, 5.41) is 0.789. The Balaban J connectivity index is 2.11. The monoisotopic (exact) mass is 340 g/mol. The van der Waals surface area contributed by atoms with Gasteiger partial charge in [0.15, 0.2) is 0 Å². The molecule has 0 aliphatic carbocycles. The van der Waals surface area contributed by atoms with Gasteiger partial charge in [-0.05, 0) is 17.5 Å². The summed E-state index contributed by atoms with van der Waals surface area (Å²) < 4.78 is 26.5. The highest BCUT2D eigenvalue weighted by atomic mass is 32.2. The molecule has 2 aromatic rings. The van der Waals surface area contributed by atoms with Gasteiger partial charge < -0.3 is 9.47 Å². The first-order valence-electron chi connectivity index (χ1n) is 6.22. The van der Waals surface area contributed by atoms with Crippen molar-refractivity contribution in [2.45, 2.75) is 0 Å². The number of thiophene rings is 1. The van der Waals surface area contributed by atoms with Crippen molar-refractivity contribution in [3.8, 4) is 5.75 Å². The Labute approximate surface area is 132 Å². The van der Waals surface area contributed by atoms with E-state index in [1.54, 1.807) is 18.2 Å². The van der Waals surface area contributed by atoms with E-state index in [0.29, 0.717) is 16.3 Å². The van der Waals surface area contributed by atoms with Crippen molar-refractivity contribution in [1.82, 2.24) is 4.72 Å². The van der Waals surface area contributed by atoms with Gasteiger partial charge in [0.1, 0.15) is 17.2 Å². The number of hydrogen-bond acceptors (Lipinski definition) is 6. The number of nitrogens with zero attached hydrogens (tertiary/aromatic N) is 1. The summed E-state index contributed by atoms with van der Waals surface area (Å²) in [4.78, 5) is 23.5. The lowest BCUT2D eigenvalue weighted by molar-refractivity contribution is -0.117. The highest BCUT2D eigenvalue weighted by molar-refractivity contribution is 7.85. The van der Waals surface area contributed by atoms with Crippen LogP contribution in [0.1, 0.15) is 9.67 Å². The number of fused-ring (bicyclic) bond motifs is 1. The molecule has 1 aromatic carbocycles. The third-order valence-corrected chi connectivity index (χ3v) is 5.37. The lowest BCUT2D eigenvalue weighted by Crippen LogP contribution is -2.22. The molecule has 3 rings (SSSR count). The zero-order chi connectivity index (χ0) is 15.9. The number of anilines is 1. The van der Waals surface area contributed by atoms with Crippen LogP contribution in [0.5, 0.6) is 5.75 Å². The van der Waals surface area contributed by atoms with Gasteiger partial charge in [-0.1, -0.05) is 0 Å². The molecule has 0 radical (unpaired) electrons. The average Bonchev–Trinajstić information content (AvgIpc) is 3.07. The van der Waals surface area contributed by atoms with E-state index in [0.717, 1.165) is 10.1 Å². The van der Waals surface area contributed by atoms with E-state index in [1.165, 1.54) is 29.9 Å². The summed E-state index contributed by atoms with van der Waals surface area (Å²) in [6, 6.07) is 5.19. The topological polar surface area (TPSA) is 84.9 Å². The van der Waals surface area contributed by atoms with Crippen molar-refractivity contribution in [2.24, 2.45) is 0 Å². The van der Waals surface area contributed by atoms with E-state index < -0.39 is 17.1 Å². The number of carbonyl (C=O) groups is 2. The summed E-state index contributed by atoms with van der Waals surface area (Å²) in [5.41, 5.74) is 0.529. The summed E-state index contributed by atoms with van der Waals surface area (Å²) in [6.45, 7) is -0.0114. The smallest absolute Gasteiger partial charge is 0.348 e. The normalized spacial score (nSPS) is 17.6. The molecule has 1 saturated heterocycles. The minimum Gasteiger partial charge on any atom is -0.494 e. The van der Waals surface area contributed by atoms with E-state index >= 15 is 0 Å². The summed E-state index contributed by atoms with van der Waals surface area (Å²) in [5.74, 6) is -0.250. The van der Waals surface area contributed by atoms with Crippen molar-refractivity contribution in [1.29, 1.82) is 0 Å². The maximum absolute atomic E-state index is 11.9. The molecule has 1 amide bonds. The van der Waals surface area contributed by atoms with Gasteiger partial charge in [0.25, 0.3) is 5.91 Å². The number of esters is 1. The highest BCUT2D eigenvalue weighted by Crippen LogP contribution is 2.38. The molecular formula is C13H12N2O5S2. The van der Waals surface area contributed by atoms with Crippen molar-refractivity contribution < 1.29 is 23.3 Å². The Morgan fingerprint density at radius 3 is 2.73 bits per heavy atom. The summed E-state index contributed by atoms with van der Waals surface area (Å²) in [6.07, 6.45) is 0. The molecule has 0 bridgehead atoms. The molecule has 1 fully saturated rings. The Morgan fingerprint density at radius 1 is 1.36 bits per heavy atom. The van der Waals surface area contributed by atoms with Crippen LogP contribution < -0.4 is 13.8 Å². The molecule has 0 spiro atoms. The fourth-order valence-corrected chi connectivity index (χ4v) is 4.08. The molecule has 9 heteroatoms. The van der Waals surface area contributed by atoms with Crippen LogP contribution >= 0.6 is 11.3 Å². The maximum Gasteiger partial charge on any atom is 0.348 e. The third kappa shape index (κ3) is 2.42. The number of ether oxygens (including phenoxy) is 2. The van der Waals surface area contributed by atoms with Crippen LogP contribution in [0.25, 0.3) is 10.1 Å². The molecule has 0 saturated carbocycles. The molecule has 7 nitrogen and oxygen atoms in total. The highest BCUT2D eigenvalue weighted by Gasteiger charge is 2.29. The van der Waals surface area contributed by atoms with E-state index in [4.69, 9.17) is 9.47 Å². The first-order chi connectivity index (χ1) is 10.5. The van der Waals surface area contributed by atoms with E-state index in [2.05, 4.69) is 4.72 Å². The van der Waals surface area contributed by atoms with Crippen LogP contribution in [0, 0.1) is 0 Å². The zero-order valence-corrected chi connectivity index (χ0v) is 13.4. The van der Waals surface area contributed by atoms with Crippen LogP contribution in [-0.2, 0) is 20.7 Å². The van der Waals surface area contributed by atoms with Gasteiger partial charge in [0.05, 0.1) is 19.9 Å². The Morgan fingerprint density at radius 2 is 2.14 bits per heavy atom. The van der Waals surface area contributed by atoms with Crippen LogP contribution in [0.4, 0.5) is 5.69 Å². The summed E-state index contributed by atoms with van der Waals surface area (Å²) >= 11 is -0.354. The van der Waals surface area contributed by atoms with Gasteiger partial charge in [-0.3, -0.25) is 13.8 Å². The lowest BCUT2D eigenvalue weighted by Gasteiger charge is -2.17. The van der Waals surface area contributed by atoms with Gasteiger partial charge in [-0.2, -0.15) is 0 Å². The second kappa shape index (κ2) is 5.58. The molecule has 1 aliphatic rings. The number of hydrogen-bond donors (Lipinski definition) is 1. The molecule has 1 atom stereocenters.